The minimum Gasteiger partial charge on any atom is -0.497 e. The van der Waals surface area contributed by atoms with Crippen molar-refractivity contribution >= 4 is 5.91 Å². The van der Waals surface area contributed by atoms with E-state index in [4.69, 9.17) is 9.15 Å². The van der Waals surface area contributed by atoms with Gasteiger partial charge in [-0.2, -0.15) is 0 Å². The predicted octanol–water partition coefficient (Wildman–Crippen LogP) is 1.89. The van der Waals surface area contributed by atoms with E-state index < -0.39 is 0 Å². The molecule has 0 saturated carbocycles. The Morgan fingerprint density at radius 1 is 1.45 bits per heavy atom. The Morgan fingerprint density at radius 3 is 3.00 bits per heavy atom. The van der Waals surface area contributed by atoms with Crippen LogP contribution in [-0.2, 0) is 17.6 Å². The highest BCUT2D eigenvalue weighted by molar-refractivity contribution is 5.78. The Bertz CT molecular complexity index is 578. The number of nitrogens with zero attached hydrogens (tertiary/aromatic N) is 1. The van der Waals surface area contributed by atoms with E-state index in [1.54, 1.807) is 13.3 Å². The summed E-state index contributed by atoms with van der Waals surface area (Å²) in [6.45, 7) is 2.36. The van der Waals surface area contributed by atoms with Crippen LogP contribution in [0.15, 0.2) is 34.9 Å². The molecule has 20 heavy (non-hydrogen) atoms. The Hall–Kier alpha value is -2.30. The number of hydrogen-bond donors (Lipinski definition) is 1. The molecule has 0 radical (unpaired) electrons. The number of ether oxygens (including phenoxy) is 1. The Labute approximate surface area is 118 Å². The molecule has 1 aromatic carbocycles. The van der Waals surface area contributed by atoms with Gasteiger partial charge in [0.15, 0.2) is 5.89 Å². The summed E-state index contributed by atoms with van der Waals surface area (Å²) >= 11 is 0. The molecule has 0 aliphatic rings. The molecule has 0 aliphatic heterocycles. The lowest BCUT2D eigenvalue weighted by Gasteiger charge is -2.05. The summed E-state index contributed by atoms with van der Waals surface area (Å²) in [4.78, 5) is 15.9. The van der Waals surface area contributed by atoms with Gasteiger partial charge in [0, 0.05) is 13.0 Å². The zero-order valence-electron chi connectivity index (χ0n) is 11.7. The molecule has 0 spiro atoms. The van der Waals surface area contributed by atoms with E-state index in [0.29, 0.717) is 25.3 Å². The number of benzene rings is 1. The molecular weight excluding hydrogens is 256 g/mol. The van der Waals surface area contributed by atoms with Crippen LogP contribution in [0.3, 0.4) is 0 Å². The van der Waals surface area contributed by atoms with Crippen LogP contribution in [0.25, 0.3) is 0 Å². The topological polar surface area (TPSA) is 64.4 Å². The molecule has 2 aromatic rings. The highest BCUT2D eigenvalue weighted by Gasteiger charge is 2.05. The van der Waals surface area contributed by atoms with E-state index >= 15 is 0 Å². The minimum atomic E-state index is -0.0264. The van der Waals surface area contributed by atoms with Crippen LogP contribution in [0.2, 0.25) is 0 Å². The molecule has 2 rings (SSSR count). The number of hydrogen-bond acceptors (Lipinski definition) is 4. The Balaban J connectivity index is 1.77. The third kappa shape index (κ3) is 4.12. The second-order valence-corrected chi connectivity index (χ2v) is 4.49. The molecule has 106 valence electrons. The maximum Gasteiger partial charge on any atom is 0.224 e. The Morgan fingerprint density at radius 2 is 2.30 bits per heavy atom. The van der Waals surface area contributed by atoms with E-state index in [9.17, 15) is 4.79 Å². The number of oxazole rings is 1. The lowest BCUT2D eigenvalue weighted by molar-refractivity contribution is -0.120. The van der Waals surface area contributed by atoms with Crippen molar-refractivity contribution in [1.29, 1.82) is 0 Å². The third-order valence-corrected chi connectivity index (χ3v) is 2.83. The number of nitrogens with one attached hydrogen (secondary N) is 1. The quantitative estimate of drug-likeness (QED) is 0.873. The van der Waals surface area contributed by atoms with Gasteiger partial charge in [-0.3, -0.25) is 4.79 Å². The molecule has 1 aromatic heterocycles. The van der Waals surface area contributed by atoms with E-state index in [1.807, 2.05) is 31.2 Å². The van der Waals surface area contributed by atoms with Crippen molar-refractivity contribution in [3.63, 3.8) is 0 Å². The molecule has 0 aliphatic carbocycles. The van der Waals surface area contributed by atoms with Crippen LogP contribution in [-0.4, -0.2) is 24.5 Å². The van der Waals surface area contributed by atoms with Crippen LogP contribution < -0.4 is 10.1 Å². The average Bonchev–Trinajstić information content (AvgIpc) is 2.84. The lowest BCUT2D eigenvalue weighted by Crippen LogP contribution is -2.27. The highest BCUT2D eigenvalue weighted by Crippen LogP contribution is 2.12. The molecule has 1 amide bonds. The molecule has 5 heteroatoms. The van der Waals surface area contributed by atoms with E-state index in [-0.39, 0.29) is 5.91 Å². The van der Waals surface area contributed by atoms with Crippen molar-refractivity contribution in [3.05, 3.63) is 47.7 Å². The average molecular weight is 274 g/mol. The Kier molecular flexibility index (Phi) is 4.76. The highest BCUT2D eigenvalue weighted by atomic mass is 16.5. The van der Waals surface area contributed by atoms with Gasteiger partial charge in [0.1, 0.15) is 11.5 Å². The van der Waals surface area contributed by atoms with Crippen LogP contribution in [0.1, 0.15) is 17.2 Å². The first-order chi connectivity index (χ1) is 9.67. The molecule has 1 N–H and O–H groups in total. The molecule has 1 heterocycles. The first-order valence-electron chi connectivity index (χ1n) is 6.48. The second kappa shape index (κ2) is 6.75. The predicted molar refractivity (Wildman–Crippen MR) is 74.7 cm³/mol. The maximum absolute atomic E-state index is 11.8. The van der Waals surface area contributed by atoms with Gasteiger partial charge in [-0.1, -0.05) is 12.1 Å². The summed E-state index contributed by atoms with van der Waals surface area (Å²) in [5.41, 5.74) is 0.925. The monoisotopic (exact) mass is 274 g/mol. The van der Waals surface area contributed by atoms with Crippen LogP contribution >= 0.6 is 0 Å². The first-order valence-corrected chi connectivity index (χ1v) is 6.48. The van der Waals surface area contributed by atoms with Gasteiger partial charge >= 0.3 is 0 Å². The summed E-state index contributed by atoms with van der Waals surface area (Å²) < 4.78 is 10.5. The van der Waals surface area contributed by atoms with Crippen LogP contribution in [0.4, 0.5) is 0 Å². The van der Waals surface area contributed by atoms with Gasteiger partial charge in [0.25, 0.3) is 0 Å². The standard InChI is InChI=1S/C15H18N2O3/c1-11-10-17-15(20-11)6-7-16-14(18)9-12-4-3-5-13(8-12)19-2/h3-5,8,10H,6-7,9H2,1-2H3,(H,16,18). The second-order valence-electron chi connectivity index (χ2n) is 4.49. The smallest absolute Gasteiger partial charge is 0.224 e. The van der Waals surface area contributed by atoms with Crippen LogP contribution in [0, 0.1) is 6.92 Å². The molecule has 0 fully saturated rings. The number of carbonyl (C=O) groups excluding carboxylic acids is 1. The number of rotatable bonds is 6. The van der Waals surface area contributed by atoms with Crippen molar-refractivity contribution in [2.24, 2.45) is 0 Å². The maximum atomic E-state index is 11.8. The molecule has 0 atom stereocenters. The first kappa shape index (κ1) is 14.1. The fraction of sp³-hybridized carbons (Fsp3) is 0.333. The number of methoxy groups -OCH3 is 1. The largest absolute Gasteiger partial charge is 0.497 e. The van der Waals surface area contributed by atoms with Crippen molar-refractivity contribution in [2.75, 3.05) is 13.7 Å². The molecule has 0 unspecified atom stereocenters. The van der Waals surface area contributed by atoms with Gasteiger partial charge in [-0.15, -0.1) is 0 Å². The SMILES string of the molecule is COc1cccc(CC(=O)NCCc2ncc(C)o2)c1. The fourth-order valence-electron chi connectivity index (χ4n) is 1.86. The van der Waals surface area contributed by atoms with Gasteiger partial charge in [0.2, 0.25) is 5.91 Å². The molecule has 0 bridgehead atoms. The van der Waals surface area contributed by atoms with E-state index in [2.05, 4.69) is 10.3 Å². The number of carbonyl (C=O) groups is 1. The van der Waals surface area contributed by atoms with Crippen molar-refractivity contribution in [1.82, 2.24) is 10.3 Å². The summed E-state index contributed by atoms with van der Waals surface area (Å²) in [6.07, 6.45) is 2.60. The number of aryl methyl sites for hydroxylation is 1. The lowest BCUT2D eigenvalue weighted by atomic mass is 10.1. The normalized spacial score (nSPS) is 10.3. The minimum absolute atomic E-state index is 0.0264. The zero-order valence-corrected chi connectivity index (χ0v) is 11.7. The van der Waals surface area contributed by atoms with Crippen molar-refractivity contribution < 1.29 is 13.9 Å². The summed E-state index contributed by atoms with van der Waals surface area (Å²) in [5.74, 6) is 2.15. The summed E-state index contributed by atoms with van der Waals surface area (Å²) in [5, 5.41) is 2.85. The van der Waals surface area contributed by atoms with E-state index in [0.717, 1.165) is 17.1 Å². The van der Waals surface area contributed by atoms with Gasteiger partial charge in [-0.25, -0.2) is 4.98 Å². The number of amides is 1. The van der Waals surface area contributed by atoms with Crippen molar-refractivity contribution in [2.45, 2.75) is 19.8 Å². The molecular formula is C15H18N2O3. The van der Waals surface area contributed by atoms with E-state index in [1.165, 1.54) is 0 Å². The summed E-state index contributed by atoms with van der Waals surface area (Å²) in [6, 6.07) is 7.49. The van der Waals surface area contributed by atoms with Gasteiger partial charge < -0.3 is 14.5 Å². The van der Waals surface area contributed by atoms with Gasteiger partial charge in [0.05, 0.1) is 19.7 Å². The molecule has 0 saturated heterocycles. The fourth-order valence-corrected chi connectivity index (χ4v) is 1.86. The van der Waals surface area contributed by atoms with Crippen LogP contribution in [0.5, 0.6) is 5.75 Å². The molecule has 5 nitrogen and oxygen atoms in total. The summed E-state index contributed by atoms with van der Waals surface area (Å²) in [7, 11) is 1.61. The van der Waals surface area contributed by atoms with Crippen molar-refractivity contribution in [3.8, 4) is 5.75 Å². The van der Waals surface area contributed by atoms with Gasteiger partial charge in [-0.05, 0) is 24.6 Å². The zero-order chi connectivity index (χ0) is 14.4. The number of aromatic nitrogens is 1. The third-order valence-electron chi connectivity index (χ3n) is 2.83.